The largest absolute Gasteiger partial charge is 0.378 e. The summed E-state index contributed by atoms with van der Waals surface area (Å²) in [6.07, 6.45) is 6.80. The van der Waals surface area contributed by atoms with Gasteiger partial charge in [-0.25, -0.2) is 4.39 Å². The van der Waals surface area contributed by atoms with Crippen molar-refractivity contribution in [1.82, 2.24) is 10.4 Å². The van der Waals surface area contributed by atoms with Gasteiger partial charge in [0, 0.05) is 13.3 Å². The summed E-state index contributed by atoms with van der Waals surface area (Å²) >= 11 is 0. The lowest BCUT2D eigenvalue weighted by Crippen LogP contribution is -2.44. The predicted octanol–water partition coefficient (Wildman–Crippen LogP) is 1.68. The molecule has 4 nitrogen and oxygen atoms in total. The summed E-state index contributed by atoms with van der Waals surface area (Å²) in [5.74, 6) is 5.20. The molecule has 1 aromatic heterocycles. The zero-order valence-corrected chi connectivity index (χ0v) is 9.95. The van der Waals surface area contributed by atoms with Crippen molar-refractivity contribution in [1.29, 1.82) is 0 Å². The van der Waals surface area contributed by atoms with Crippen molar-refractivity contribution in [2.24, 2.45) is 5.84 Å². The Bertz CT molecular complexity index is 376. The molecule has 1 saturated carbocycles. The Morgan fingerprint density at radius 3 is 2.82 bits per heavy atom. The molecule has 17 heavy (non-hydrogen) atoms. The Kier molecular flexibility index (Phi) is 3.71. The number of methoxy groups -OCH3 is 1. The second-order valence-electron chi connectivity index (χ2n) is 4.60. The molecular formula is C12H18FN3O. The molecule has 1 heterocycles. The van der Waals surface area contributed by atoms with Gasteiger partial charge in [-0.1, -0.05) is 0 Å². The lowest BCUT2D eigenvalue weighted by Gasteiger charge is -2.42. The molecule has 0 bridgehead atoms. The van der Waals surface area contributed by atoms with Crippen LogP contribution < -0.4 is 11.3 Å². The molecule has 2 rings (SSSR count). The van der Waals surface area contributed by atoms with Gasteiger partial charge in [0.25, 0.3) is 0 Å². The number of nitrogens with two attached hydrogens (primary N) is 1. The normalized spacial score (nSPS) is 19.7. The summed E-state index contributed by atoms with van der Waals surface area (Å²) in [6, 6.07) is 1.33. The van der Waals surface area contributed by atoms with Crippen LogP contribution >= 0.6 is 0 Å². The highest BCUT2D eigenvalue weighted by Crippen LogP contribution is 2.41. The summed E-state index contributed by atoms with van der Waals surface area (Å²) in [7, 11) is 1.72. The Hall–Kier alpha value is -1.04. The topological polar surface area (TPSA) is 60.2 Å². The molecule has 0 radical (unpaired) electrons. The van der Waals surface area contributed by atoms with E-state index in [2.05, 4.69) is 10.4 Å². The molecule has 5 heteroatoms. The molecule has 0 aromatic carbocycles. The van der Waals surface area contributed by atoms with Gasteiger partial charge in [-0.2, -0.15) is 0 Å². The molecule has 94 valence electrons. The fourth-order valence-electron chi connectivity index (χ4n) is 2.33. The van der Waals surface area contributed by atoms with Gasteiger partial charge in [0.2, 0.25) is 0 Å². The number of nitrogens with one attached hydrogen (secondary N) is 1. The van der Waals surface area contributed by atoms with Crippen LogP contribution in [0, 0.1) is 5.82 Å². The van der Waals surface area contributed by atoms with Crippen LogP contribution in [0.25, 0.3) is 0 Å². The van der Waals surface area contributed by atoms with Gasteiger partial charge in [0.15, 0.2) is 0 Å². The molecule has 1 unspecified atom stereocenters. The van der Waals surface area contributed by atoms with Crippen molar-refractivity contribution in [2.45, 2.75) is 37.3 Å². The smallest absolute Gasteiger partial charge is 0.141 e. The second-order valence-corrected chi connectivity index (χ2v) is 4.60. The van der Waals surface area contributed by atoms with Crippen molar-refractivity contribution < 1.29 is 9.13 Å². The minimum Gasteiger partial charge on any atom is -0.378 e. The third kappa shape index (κ3) is 2.62. The van der Waals surface area contributed by atoms with Crippen molar-refractivity contribution in [3.05, 3.63) is 29.8 Å². The van der Waals surface area contributed by atoms with E-state index in [0.29, 0.717) is 0 Å². The highest BCUT2D eigenvalue weighted by molar-refractivity contribution is 5.16. The minimum atomic E-state index is -0.345. The third-order valence-electron chi connectivity index (χ3n) is 3.60. The van der Waals surface area contributed by atoms with E-state index < -0.39 is 0 Å². The van der Waals surface area contributed by atoms with Crippen LogP contribution in [0.3, 0.4) is 0 Å². The van der Waals surface area contributed by atoms with Crippen LogP contribution in [0.1, 0.15) is 37.3 Å². The van der Waals surface area contributed by atoms with Crippen molar-refractivity contribution >= 4 is 0 Å². The molecule has 0 spiro atoms. The van der Waals surface area contributed by atoms with Gasteiger partial charge in [-0.05, 0) is 37.3 Å². The van der Waals surface area contributed by atoms with E-state index in [1.165, 1.54) is 18.7 Å². The Balaban J connectivity index is 2.11. The fourth-order valence-corrected chi connectivity index (χ4v) is 2.33. The number of pyridine rings is 1. The first-order valence-corrected chi connectivity index (χ1v) is 5.81. The van der Waals surface area contributed by atoms with Crippen LogP contribution in [-0.2, 0) is 4.74 Å². The number of aromatic nitrogens is 1. The van der Waals surface area contributed by atoms with E-state index in [1.807, 2.05) is 0 Å². The average molecular weight is 239 g/mol. The summed E-state index contributed by atoms with van der Waals surface area (Å²) in [5.41, 5.74) is 3.37. The third-order valence-corrected chi connectivity index (χ3v) is 3.60. The molecule has 1 fully saturated rings. The number of hydrazine groups is 1. The maximum absolute atomic E-state index is 13.1. The van der Waals surface area contributed by atoms with E-state index in [1.54, 1.807) is 13.3 Å². The fraction of sp³-hybridized carbons (Fsp3) is 0.583. The lowest BCUT2D eigenvalue weighted by molar-refractivity contribution is -0.0838. The molecule has 1 aromatic rings. The van der Waals surface area contributed by atoms with Gasteiger partial charge in [-0.3, -0.25) is 16.3 Å². The van der Waals surface area contributed by atoms with Crippen LogP contribution in [0.5, 0.6) is 0 Å². The van der Waals surface area contributed by atoms with E-state index in [9.17, 15) is 4.39 Å². The maximum atomic E-state index is 13.1. The molecule has 1 aliphatic rings. The van der Waals surface area contributed by atoms with Crippen molar-refractivity contribution in [2.75, 3.05) is 7.11 Å². The predicted molar refractivity (Wildman–Crippen MR) is 62.5 cm³/mol. The Labute approximate surface area is 100 Å². The lowest BCUT2D eigenvalue weighted by atomic mass is 9.75. The van der Waals surface area contributed by atoms with Crippen molar-refractivity contribution in [3.8, 4) is 0 Å². The Morgan fingerprint density at radius 1 is 1.59 bits per heavy atom. The van der Waals surface area contributed by atoms with E-state index in [4.69, 9.17) is 10.6 Å². The molecule has 3 N–H and O–H groups in total. The average Bonchev–Trinajstić information content (AvgIpc) is 2.29. The summed E-state index contributed by atoms with van der Waals surface area (Å²) in [5, 5.41) is 0. The van der Waals surface area contributed by atoms with Gasteiger partial charge in [0.05, 0.1) is 17.8 Å². The minimum absolute atomic E-state index is 0.108. The first-order valence-electron chi connectivity index (χ1n) is 5.81. The summed E-state index contributed by atoms with van der Waals surface area (Å²) in [4.78, 5) is 3.84. The number of ether oxygens (including phenoxy) is 1. The molecule has 0 saturated heterocycles. The van der Waals surface area contributed by atoms with Crippen LogP contribution in [0.4, 0.5) is 4.39 Å². The van der Waals surface area contributed by atoms with Crippen molar-refractivity contribution in [3.63, 3.8) is 0 Å². The van der Waals surface area contributed by atoms with Gasteiger partial charge < -0.3 is 4.74 Å². The number of hydrogen-bond acceptors (Lipinski definition) is 4. The molecule has 0 aliphatic heterocycles. The van der Waals surface area contributed by atoms with E-state index in [-0.39, 0.29) is 17.5 Å². The maximum Gasteiger partial charge on any atom is 0.141 e. The number of hydrogen-bond donors (Lipinski definition) is 2. The summed E-state index contributed by atoms with van der Waals surface area (Å²) in [6.45, 7) is 0. The van der Waals surface area contributed by atoms with Crippen LogP contribution in [0.15, 0.2) is 18.5 Å². The highest BCUT2D eigenvalue weighted by atomic mass is 19.1. The highest BCUT2D eigenvalue weighted by Gasteiger charge is 2.39. The van der Waals surface area contributed by atoms with E-state index >= 15 is 0 Å². The molecule has 1 aliphatic carbocycles. The van der Waals surface area contributed by atoms with Gasteiger partial charge in [-0.15, -0.1) is 0 Å². The molecule has 1 atom stereocenters. The first kappa shape index (κ1) is 12.4. The molecular weight excluding hydrogens is 221 g/mol. The number of halogens is 1. The number of nitrogens with zero attached hydrogens (tertiary/aromatic N) is 1. The van der Waals surface area contributed by atoms with Gasteiger partial charge in [0.1, 0.15) is 5.82 Å². The van der Waals surface area contributed by atoms with Crippen LogP contribution in [0.2, 0.25) is 0 Å². The summed E-state index contributed by atoms with van der Waals surface area (Å²) < 4.78 is 18.7. The van der Waals surface area contributed by atoms with E-state index in [0.717, 1.165) is 24.8 Å². The number of rotatable bonds is 5. The molecule has 0 amide bonds. The zero-order valence-electron chi connectivity index (χ0n) is 9.95. The first-order chi connectivity index (χ1) is 8.19. The quantitative estimate of drug-likeness (QED) is 0.606. The SMILES string of the molecule is COC1(CC(NN)c2cncc(F)c2)CCC1. The van der Waals surface area contributed by atoms with Gasteiger partial charge >= 0.3 is 0 Å². The Morgan fingerprint density at radius 2 is 2.35 bits per heavy atom. The zero-order chi connectivity index (χ0) is 12.3. The monoisotopic (exact) mass is 239 g/mol. The standard InChI is InChI=1S/C12H18FN3O/c1-17-12(3-2-4-12)6-11(16-14)9-5-10(13)8-15-7-9/h5,7-8,11,16H,2-4,6,14H2,1H3. The second kappa shape index (κ2) is 5.08. The van der Waals surface area contributed by atoms with Crippen LogP contribution in [-0.4, -0.2) is 17.7 Å².